The Bertz CT molecular complexity index is 3530. The number of aromatic nitrogens is 4. The van der Waals surface area contributed by atoms with Gasteiger partial charge in [-0.2, -0.15) is 0 Å². The first kappa shape index (κ1) is 35.6. The molecule has 12 aromatic rings. The first-order chi connectivity index (χ1) is 30.7. The summed E-state index contributed by atoms with van der Waals surface area (Å²) in [7, 11) is 0. The van der Waals surface area contributed by atoms with Crippen LogP contribution in [0.1, 0.15) is 0 Å². The van der Waals surface area contributed by atoms with Gasteiger partial charge in [0.25, 0.3) is 0 Å². The first-order valence-corrected chi connectivity index (χ1v) is 21.1. The SMILES string of the molecule is c1ccc(-c2ccc(-n3c4ccccc4c4ccc(-c5ccc6c7ccccc7n(-c7ccc(-c8cc(-c9ccccc9)nc(-c9ccccc9)n8)cc7)c6c5)cc43)cc2)cc1. The van der Waals surface area contributed by atoms with E-state index in [2.05, 4.69) is 215 Å². The van der Waals surface area contributed by atoms with Crippen molar-refractivity contribution in [2.24, 2.45) is 0 Å². The van der Waals surface area contributed by atoms with E-state index >= 15 is 0 Å². The molecule has 62 heavy (non-hydrogen) atoms. The molecule has 9 aromatic carbocycles. The highest BCUT2D eigenvalue weighted by Crippen LogP contribution is 2.39. The summed E-state index contributed by atoms with van der Waals surface area (Å²) in [6.07, 6.45) is 0. The third kappa shape index (κ3) is 6.08. The molecule has 290 valence electrons. The minimum atomic E-state index is 0.709. The van der Waals surface area contributed by atoms with E-state index < -0.39 is 0 Å². The summed E-state index contributed by atoms with van der Waals surface area (Å²) in [5.74, 6) is 0.709. The lowest BCUT2D eigenvalue weighted by molar-refractivity contribution is 1.17. The molecule has 12 rings (SSSR count). The maximum Gasteiger partial charge on any atom is 0.160 e. The number of benzene rings is 9. The quantitative estimate of drug-likeness (QED) is 0.161. The van der Waals surface area contributed by atoms with Crippen LogP contribution in [0.5, 0.6) is 0 Å². The molecular formula is C58H38N4. The van der Waals surface area contributed by atoms with Gasteiger partial charge in [0.15, 0.2) is 5.82 Å². The lowest BCUT2D eigenvalue weighted by atomic mass is 10.0. The molecule has 0 fully saturated rings. The second-order valence-electron chi connectivity index (χ2n) is 15.8. The Morgan fingerprint density at radius 2 is 0.597 bits per heavy atom. The van der Waals surface area contributed by atoms with E-state index in [1.165, 1.54) is 60.3 Å². The van der Waals surface area contributed by atoms with Gasteiger partial charge in [0.05, 0.1) is 33.5 Å². The van der Waals surface area contributed by atoms with Gasteiger partial charge in [-0.1, -0.05) is 176 Å². The average molecular weight is 791 g/mol. The van der Waals surface area contributed by atoms with Gasteiger partial charge >= 0.3 is 0 Å². The van der Waals surface area contributed by atoms with Gasteiger partial charge in [0, 0.05) is 49.6 Å². The summed E-state index contributed by atoms with van der Waals surface area (Å²) in [4.78, 5) is 10.1. The van der Waals surface area contributed by atoms with E-state index in [-0.39, 0.29) is 0 Å². The van der Waals surface area contributed by atoms with Crippen molar-refractivity contribution >= 4 is 43.6 Å². The fourth-order valence-corrected chi connectivity index (χ4v) is 9.14. The number of hydrogen-bond acceptors (Lipinski definition) is 2. The minimum Gasteiger partial charge on any atom is -0.309 e. The Morgan fingerprint density at radius 3 is 1.10 bits per heavy atom. The van der Waals surface area contributed by atoms with Crippen LogP contribution in [-0.4, -0.2) is 19.1 Å². The van der Waals surface area contributed by atoms with E-state index in [4.69, 9.17) is 9.97 Å². The molecule has 0 atom stereocenters. The van der Waals surface area contributed by atoms with Crippen molar-refractivity contribution in [2.45, 2.75) is 0 Å². The maximum atomic E-state index is 5.09. The van der Waals surface area contributed by atoms with Crippen molar-refractivity contribution in [3.63, 3.8) is 0 Å². The van der Waals surface area contributed by atoms with Crippen LogP contribution in [0.15, 0.2) is 231 Å². The van der Waals surface area contributed by atoms with Gasteiger partial charge in [-0.25, -0.2) is 9.97 Å². The van der Waals surface area contributed by atoms with Gasteiger partial charge in [0.2, 0.25) is 0 Å². The Morgan fingerprint density at radius 1 is 0.242 bits per heavy atom. The van der Waals surface area contributed by atoms with Crippen LogP contribution < -0.4 is 0 Å². The molecule has 3 aromatic heterocycles. The number of nitrogens with zero attached hydrogens (tertiary/aromatic N) is 4. The molecule has 4 nitrogen and oxygen atoms in total. The molecule has 0 aliphatic heterocycles. The van der Waals surface area contributed by atoms with Gasteiger partial charge < -0.3 is 9.13 Å². The molecule has 0 spiro atoms. The summed E-state index contributed by atoms with van der Waals surface area (Å²) in [5, 5.41) is 4.93. The molecule has 4 heteroatoms. The van der Waals surface area contributed by atoms with Crippen molar-refractivity contribution in [1.82, 2.24) is 19.1 Å². The molecular weight excluding hydrogens is 753 g/mol. The molecule has 3 heterocycles. The van der Waals surface area contributed by atoms with Crippen LogP contribution in [0.25, 0.3) is 111 Å². The van der Waals surface area contributed by atoms with Crippen LogP contribution in [0, 0.1) is 0 Å². The summed E-state index contributed by atoms with van der Waals surface area (Å²) in [6, 6.07) is 82.2. The largest absolute Gasteiger partial charge is 0.309 e. The Hall–Kier alpha value is -8.34. The minimum absolute atomic E-state index is 0.709. The third-order valence-electron chi connectivity index (χ3n) is 12.2. The van der Waals surface area contributed by atoms with Crippen LogP contribution in [-0.2, 0) is 0 Å². The Balaban J connectivity index is 0.967. The lowest BCUT2D eigenvalue weighted by Gasteiger charge is -2.12. The summed E-state index contributed by atoms with van der Waals surface area (Å²) >= 11 is 0. The number of fused-ring (bicyclic) bond motifs is 6. The van der Waals surface area contributed by atoms with E-state index in [9.17, 15) is 0 Å². The number of rotatable bonds is 7. The van der Waals surface area contributed by atoms with Crippen LogP contribution in [0.4, 0.5) is 0 Å². The lowest BCUT2D eigenvalue weighted by Crippen LogP contribution is -1.97. The van der Waals surface area contributed by atoms with E-state index in [0.717, 1.165) is 45.0 Å². The predicted molar refractivity (Wildman–Crippen MR) is 258 cm³/mol. The van der Waals surface area contributed by atoms with E-state index in [1.54, 1.807) is 0 Å². The van der Waals surface area contributed by atoms with Crippen molar-refractivity contribution in [2.75, 3.05) is 0 Å². The van der Waals surface area contributed by atoms with Gasteiger partial charge in [-0.3, -0.25) is 0 Å². The monoisotopic (exact) mass is 790 g/mol. The van der Waals surface area contributed by atoms with Crippen molar-refractivity contribution in [1.29, 1.82) is 0 Å². The van der Waals surface area contributed by atoms with Crippen LogP contribution in [0.3, 0.4) is 0 Å². The summed E-state index contributed by atoms with van der Waals surface area (Å²) < 4.78 is 4.80. The zero-order valence-corrected chi connectivity index (χ0v) is 33.7. The van der Waals surface area contributed by atoms with E-state index in [0.29, 0.717) is 5.82 Å². The summed E-state index contributed by atoms with van der Waals surface area (Å²) in [6.45, 7) is 0. The zero-order chi connectivity index (χ0) is 41.0. The standard InChI is InChI=1S/C58H38N4/c1-4-14-39(15-5-1)40-24-30-46(31-25-40)61-54-22-12-10-20-48(54)50-34-28-44(36-56(50)61)45-29-35-51-49-21-11-13-23-55(49)62(57(51)37-45)47-32-26-42(27-33-47)53-38-52(41-16-6-2-7-17-41)59-58(60-53)43-18-8-3-9-19-43/h1-38H. The van der Waals surface area contributed by atoms with Crippen molar-refractivity contribution in [3.8, 4) is 67.5 Å². The summed E-state index contributed by atoms with van der Waals surface area (Å²) in [5.41, 5.74) is 16.6. The molecule has 0 amide bonds. The number of hydrogen-bond donors (Lipinski definition) is 0. The van der Waals surface area contributed by atoms with Gasteiger partial charge in [0.1, 0.15) is 0 Å². The van der Waals surface area contributed by atoms with E-state index in [1.807, 2.05) is 24.3 Å². The van der Waals surface area contributed by atoms with Gasteiger partial charge in [-0.05, 0) is 76.9 Å². The van der Waals surface area contributed by atoms with Crippen LogP contribution in [0.2, 0.25) is 0 Å². The Kier molecular flexibility index (Phi) is 8.46. The third-order valence-corrected chi connectivity index (χ3v) is 12.2. The smallest absolute Gasteiger partial charge is 0.160 e. The number of para-hydroxylation sites is 2. The molecule has 0 aliphatic carbocycles. The average Bonchev–Trinajstić information content (AvgIpc) is 3.87. The molecule has 0 bridgehead atoms. The highest BCUT2D eigenvalue weighted by atomic mass is 15.0. The van der Waals surface area contributed by atoms with Crippen LogP contribution >= 0.6 is 0 Å². The zero-order valence-electron chi connectivity index (χ0n) is 33.7. The maximum absolute atomic E-state index is 5.09. The Labute approximate surface area is 359 Å². The second kappa shape index (κ2) is 14.7. The fourth-order valence-electron chi connectivity index (χ4n) is 9.14. The molecule has 0 saturated heterocycles. The molecule has 0 saturated carbocycles. The van der Waals surface area contributed by atoms with Gasteiger partial charge in [-0.15, -0.1) is 0 Å². The first-order valence-electron chi connectivity index (χ1n) is 21.1. The molecule has 0 unspecified atom stereocenters. The highest BCUT2D eigenvalue weighted by Gasteiger charge is 2.17. The van der Waals surface area contributed by atoms with Crippen molar-refractivity contribution < 1.29 is 0 Å². The normalized spacial score (nSPS) is 11.5. The molecule has 0 N–H and O–H groups in total. The molecule has 0 radical (unpaired) electrons. The molecule has 0 aliphatic rings. The second-order valence-corrected chi connectivity index (χ2v) is 15.8. The highest BCUT2D eigenvalue weighted by molar-refractivity contribution is 6.12. The van der Waals surface area contributed by atoms with Crippen molar-refractivity contribution in [3.05, 3.63) is 231 Å². The fraction of sp³-hybridized carbons (Fsp3) is 0. The topological polar surface area (TPSA) is 35.6 Å². The predicted octanol–water partition coefficient (Wildman–Crippen LogP) is 15.0.